The average Bonchev–Trinajstić information content (AvgIpc) is 2.70. The van der Waals surface area contributed by atoms with Gasteiger partial charge in [-0.3, -0.25) is 14.3 Å². The first kappa shape index (κ1) is 23.9. The number of carbonyl (C=O) groups is 2. The van der Waals surface area contributed by atoms with Gasteiger partial charge >= 0.3 is 0 Å². The van der Waals surface area contributed by atoms with Gasteiger partial charge in [0.15, 0.2) is 10.9 Å². The molecular weight excluding hydrogens is 424 g/mol. The summed E-state index contributed by atoms with van der Waals surface area (Å²) in [5, 5.41) is -0.127. The summed E-state index contributed by atoms with van der Waals surface area (Å²) < 4.78 is 33.3. The molecule has 0 heterocycles. The van der Waals surface area contributed by atoms with Gasteiger partial charge in [0.05, 0.1) is 17.3 Å². The maximum absolute atomic E-state index is 12.6. The Morgan fingerprint density at radius 1 is 1.03 bits per heavy atom. The van der Waals surface area contributed by atoms with Gasteiger partial charge in [-0.05, 0) is 69.0 Å². The maximum atomic E-state index is 12.6. The number of ketones is 1. The van der Waals surface area contributed by atoms with Gasteiger partial charge in [0, 0.05) is 24.7 Å². The predicted octanol–water partition coefficient (Wildman–Crippen LogP) is 3.28. The van der Waals surface area contributed by atoms with Crippen LogP contribution in [-0.4, -0.2) is 57.2 Å². The molecule has 2 aromatic carbocycles. The Bertz CT molecular complexity index is 956. The van der Waals surface area contributed by atoms with Crippen LogP contribution in [0.2, 0.25) is 0 Å². The van der Waals surface area contributed by atoms with Crippen molar-refractivity contribution < 1.29 is 22.7 Å². The Balaban J connectivity index is 1.95. The van der Waals surface area contributed by atoms with Gasteiger partial charge in [-0.15, -0.1) is 0 Å². The van der Waals surface area contributed by atoms with Crippen molar-refractivity contribution in [3.63, 3.8) is 0 Å². The smallest absolute Gasteiger partial charge is 0.261 e. The third-order valence-electron chi connectivity index (χ3n) is 4.02. The molecule has 1 N–H and O–H groups in total. The lowest BCUT2D eigenvalue weighted by atomic mass is 10.1. The molecule has 0 spiro atoms. The highest BCUT2D eigenvalue weighted by molar-refractivity contribution is 8.14. The molecule has 0 aromatic heterocycles. The third kappa shape index (κ3) is 7.81. The van der Waals surface area contributed by atoms with Gasteiger partial charge < -0.3 is 9.64 Å². The number of benzene rings is 2. The number of sulfonamides is 1. The van der Waals surface area contributed by atoms with Crippen LogP contribution in [0.4, 0.5) is 5.69 Å². The van der Waals surface area contributed by atoms with Crippen LogP contribution >= 0.6 is 11.8 Å². The molecule has 0 bridgehead atoms. The topological polar surface area (TPSA) is 92.8 Å². The minimum atomic E-state index is -3.77. The largest absolute Gasteiger partial charge is 0.494 e. The zero-order chi connectivity index (χ0) is 22.1. The zero-order valence-electron chi connectivity index (χ0n) is 17.3. The van der Waals surface area contributed by atoms with Gasteiger partial charge in [0.1, 0.15) is 5.75 Å². The van der Waals surface area contributed by atoms with Crippen LogP contribution in [0.25, 0.3) is 0 Å². The lowest BCUT2D eigenvalue weighted by molar-refractivity contribution is -0.109. The molecule has 0 radical (unpaired) electrons. The molecule has 162 valence electrons. The molecule has 0 atom stereocenters. The molecule has 0 amide bonds. The summed E-state index contributed by atoms with van der Waals surface area (Å²) in [5.41, 5.74) is 0.761. The van der Waals surface area contributed by atoms with Crippen molar-refractivity contribution in [1.29, 1.82) is 0 Å². The minimum absolute atomic E-state index is 0.0595. The number of carbonyl (C=O) groups excluding carboxylic acids is 2. The summed E-state index contributed by atoms with van der Waals surface area (Å²) in [6.45, 7) is 2.87. The molecule has 30 heavy (non-hydrogen) atoms. The molecule has 2 aromatic rings. The van der Waals surface area contributed by atoms with Crippen molar-refractivity contribution in [2.75, 3.05) is 37.7 Å². The van der Waals surface area contributed by atoms with Gasteiger partial charge in [0.2, 0.25) is 0 Å². The molecule has 0 aliphatic carbocycles. The zero-order valence-corrected chi connectivity index (χ0v) is 18.9. The van der Waals surface area contributed by atoms with E-state index in [-0.39, 0.29) is 21.5 Å². The molecule has 0 saturated carbocycles. The number of hydrogen-bond donors (Lipinski definition) is 1. The van der Waals surface area contributed by atoms with Gasteiger partial charge in [-0.25, -0.2) is 8.42 Å². The molecule has 0 aliphatic heterocycles. The fourth-order valence-electron chi connectivity index (χ4n) is 2.47. The Hall–Kier alpha value is -2.36. The van der Waals surface area contributed by atoms with Gasteiger partial charge in [-0.2, -0.15) is 0 Å². The maximum Gasteiger partial charge on any atom is 0.261 e. The van der Waals surface area contributed by atoms with E-state index in [1.807, 2.05) is 14.1 Å². The summed E-state index contributed by atoms with van der Waals surface area (Å²) >= 11 is 0.942. The first-order valence-corrected chi connectivity index (χ1v) is 11.8. The number of nitrogens with zero attached hydrogens (tertiary/aromatic N) is 1. The molecule has 0 fully saturated rings. The summed E-state index contributed by atoms with van der Waals surface area (Å²) in [7, 11) is 0.217. The number of thioether (sulfide) groups is 1. The van der Waals surface area contributed by atoms with Gasteiger partial charge in [-0.1, -0.05) is 11.8 Å². The number of Topliss-reactive ketones (excluding diaryl/α,β-unsaturated/α-hetero) is 1. The van der Waals surface area contributed by atoms with E-state index in [4.69, 9.17) is 4.74 Å². The summed E-state index contributed by atoms with van der Waals surface area (Å²) in [5.74, 6) is 0.481. The molecule has 0 unspecified atom stereocenters. The second-order valence-corrected chi connectivity index (χ2v) is 9.70. The highest BCUT2D eigenvalue weighted by atomic mass is 32.2. The molecule has 0 aliphatic rings. The highest BCUT2D eigenvalue weighted by Crippen LogP contribution is 2.20. The van der Waals surface area contributed by atoms with Crippen molar-refractivity contribution >= 4 is 38.4 Å². The lowest BCUT2D eigenvalue weighted by Gasteiger charge is -2.11. The Morgan fingerprint density at radius 3 is 2.23 bits per heavy atom. The normalized spacial score (nSPS) is 11.3. The molecule has 9 heteroatoms. The van der Waals surface area contributed by atoms with Crippen molar-refractivity contribution in [2.45, 2.75) is 18.2 Å². The van der Waals surface area contributed by atoms with Crippen molar-refractivity contribution in [2.24, 2.45) is 0 Å². The van der Waals surface area contributed by atoms with Gasteiger partial charge in [0.25, 0.3) is 10.0 Å². The highest BCUT2D eigenvalue weighted by Gasteiger charge is 2.15. The van der Waals surface area contributed by atoms with E-state index < -0.39 is 10.0 Å². The first-order valence-electron chi connectivity index (χ1n) is 9.34. The van der Waals surface area contributed by atoms with Crippen LogP contribution in [0.3, 0.4) is 0 Å². The lowest BCUT2D eigenvalue weighted by Crippen LogP contribution is -2.15. The van der Waals surface area contributed by atoms with Crippen molar-refractivity contribution in [3.05, 3.63) is 54.1 Å². The van der Waals surface area contributed by atoms with Crippen LogP contribution in [0.1, 0.15) is 23.7 Å². The first-order chi connectivity index (χ1) is 14.2. The second-order valence-electron chi connectivity index (χ2n) is 6.86. The summed E-state index contributed by atoms with van der Waals surface area (Å²) in [6.07, 6.45) is 0.876. The monoisotopic (exact) mass is 450 g/mol. The van der Waals surface area contributed by atoms with E-state index in [1.165, 1.54) is 43.3 Å². The Morgan fingerprint density at radius 2 is 1.67 bits per heavy atom. The van der Waals surface area contributed by atoms with Crippen LogP contribution in [0, 0.1) is 0 Å². The predicted molar refractivity (Wildman–Crippen MR) is 120 cm³/mol. The molecule has 2 rings (SSSR count). The molecular formula is C21H26N2O5S2. The van der Waals surface area contributed by atoms with Crippen LogP contribution in [0.15, 0.2) is 53.4 Å². The fourth-order valence-corrected chi connectivity index (χ4v) is 4.03. The number of ether oxygens (including phenoxy) is 1. The van der Waals surface area contributed by atoms with Crippen LogP contribution in [0.5, 0.6) is 5.75 Å². The standard InChI is InChI=1S/C21H26N2O5S2/c1-16(24)29-15-21(25)17-5-7-18(8-6-17)22-30(26,27)20-11-9-19(10-12-20)28-14-4-13-23(2)3/h5-12,22H,4,13-15H2,1-3H3. The SMILES string of the molecule is CC(=O)SCC(=O)c1ccc(NS(=O)(=O)c2ccc(OCCCN(C)C)cc2)cc1. The molecule has 7 nitrogen and oxygen atoms in total. The summed E-state index contributed by atoms with van der Waals surface area (Å²) in [4.78, 5) is 25.1. The summed E-state index contributed by atoms with van der Waals surface area (Å²) in [6, 6.07) is 12.3. The van der Waals surface area contributed by atoms with E-state index in [0.29, 0.717) is 23.6 Å². The van der Waals surface area contributed by atoms with E-state index in [1.54, 1.807) is 12.1 Å². The number of rotatable bonds is 11. The quantitative estimate of drug-likeness (QED) is 0.415. The van der Waals surface area contributed by atoms with E-state index >= 15 is 0 Å². The number of anilines is 1. The Labute approximate surface area is 181 Å². The minimum Gasteiger partial charge on any atom is -0.494 e. The number of hydrogen-bond acceptors (Lipinski definition) is 7. The third-order valence-corrected chi connectivity index (χ3v) is 6.23. The van der Waals surface area contributed by atoms with Crippen molar-refractivity contribution in [3.8, 4) is 5.75 Å². The Kier molecular flexibility index (Phi) is 8.88. The number of nitrogens with one attached hydrogen (secondary N) is 1. The molecule has 0 saturated heterocycles. The van der Waals surface area contributed by atoms with Crippen LogP contribution in [-0.2, 0) is 14.8 Å². The average molecular weight is 451 g/mol. The second kappa shape index (κ2) is 11.1. The fraction of sp³-hybridized carbons (Fsp3) is 0.333. The van der Waals surface area contributed by atoms with E-state index in [9.17, 15) is 18.0 Å². The van der Waals surface area contributed by atoms with E-state index in [0.717, 1.165) is 24.7 Å². The van der Waals surface area contributed by atoms with Crippen LogP contribution < -0.4 is 9.46 Å². The van der Waals surface area contributed by atoms with Crippen molar-refractivity contribution in [1.82, 2.24) is 4.90 Å². The van der Waals surface area contributed by atoms with E-state index in [2.05, 4.69) is 9.62 Å².